The van der Waals surface area contributed by atoms with E-state index in [1.807, 2.05) is 18.3 Å². The molecule has 3 rings (SSSR count). The van der Waals surface area contributed by atoms with Gasteiger partial charge in [0.05, 0.1) is 34.6 Å². The number of benzene rings is 1. The standard InChI is InChI=1S/C17H19N3O4S2/c1-21-3-5-23-14-7-12-13(8-15(14)24-6-4-22-2)19-10-20-17(12)26-16-9-18-11-25-16/h7-11H,3-6H2,1-2H3. The molecule has 0 aliphatic carbocycles. The maximum absolute atomic E-state index is 5.84. The van der Waals surface area contributed by atoms with Crippen LogP contribution in [-0.2, 0) is 9.47 Å². The highest BCUT2D eigenvalue weighted by Crippen LogP contribution is 2.38. The fraction of sp³-hybridized carbons (Fsp3) is 0.353. The van der Waals surface area contributed by atoms with Crippen molar-refractivity contribution in [2.75, 3.05) is 40.6 Å². The summed E-state index contributed by atoms with van der Waals surface area (Å²) in [5.41, 5.74) is 2.59. The lowest BCUT2D eigenvalue weighted by atomic mass is 10.2. The molecule has 2 aromatic heterocycles. The molecule has 3 aromatic rings. The van der Waals surface area contributed by atoms with Gasteiger partial charge in [-0.3, -0.25) is 4.98 Å². The van der Waals surface area contributed by atoms with Crippen LogP contribution in [0.25, 0.3) is 10.9 Å². The van der Waals surface area contributed by atoms with Gasteiger partial charge in [-0.05, 0) is 6.07 Å². The third kappa shape index (κ3) is 4.82. The van der Waals surface area contributed by atoms with E-state index in [9.17, 15) is 0 Å². The largest absolute Gasteiger partial charge is 0.487 e. The molecular formula is C17H19N3O4S2. The summed E-state index contributed by atoms with van der Waals surface area (Å²) in [5, 5.41) is 1.75. The molecule has 9 heteroatoms. The number of aromatic nitrogens is 3. The van der Waals surface area contributed by atoms with E-state index in [0.717, 1.165) is 20.1 Å². The Morgan fingerprint density at radius 3 is 2.35 bits per heavy atom. The summed E-state index contributed by atoms with van der Waals surface area (Å²) in [7, 11) is 3.27. The summed E-state index contributed by atoms with van der Waals surface area (Å²) < 4.78 is 22.8. The average molecular weight is 393 g/mol. The predicted molar refractivity (Wildman–Crippen MR) is 101 cm³/mol. The molecule has 1 aromatic carbocycles. The molecule has 0 spiro atoms. The number of rotatable bonds is 10. The normalized spacial score (nSPS) is 11.0. The van der Waals surface area contributed by atoms with Gasteiger partial charge in [-0.2, -0.15) is 0 Å². The minimum atomic E-state index is 0.424. The van der Waals surface area contributed by atoms with Crippen LogP contribution in [0.2, 0.25) is 0 Å². The second kappa shape index (κ2) is 9.67. The number of ether oxygens (including phenoxy) is 4. The molecule has 0 saturated carbocycles. The lowest BCUT2D eigenvalue weighted by Gasteiger charge is -2.14. The first kappa shape index (κ1) is 18.8. The van der Waals surface area contributed by atoms with Crippen LogP contribution in [0.15, 0.2) is 39.4 Å². The topological polar surface area (TPSA) is 75.6 Å². The van der Waals surface area contributed by atoms with Gasteiger partial charge in [0.25, 0.3) is 0 Å². The summed E-state index contributed by atoms with van der Waals surface area (Å²) >= 11 is 3.12. The number of nitrogens with zero attached hydrogens (tertiary/aromatic N) is 3. The Bertz CT molecular complexity index is 830. The number of fused-ring (bicyclic) bond motifs is 1. The summed E-state index contributed by atoms with van der Waals surface area (Å²) in [6.45, 7) is 1.83. The van der Waals surface area contributed by atoms with Crippen molar-refractivity contribution >= 4 is 34.0 Å². The number of thiazole rings is 1. The van der Waals surface area contributed by atoms with Crippen LogP contribution in [0, 0.1) is 0 Å². The number of hydrogen-bond donors (Lipinski definition) is 0. The predicted octanol–water partition coefficient (Wildman–Crippen LogP) is 3.29. The minimum Gasteiger partial charge on any atom is -0.487 e. The summed E-state index contributed by atoms with van der Waals surface area (Å²) in [6, 6.07) is 3.78. The van der Waals surface area contributed by atoms with E-state index in [-0.39, 0.29) is 0 Å². The van der Waals surface area contributed by atoms with Crippen molar-refractivity contribution in [3.05, 3.63) is 30.2 Å². The molecule has 26 heavy (non-hydrogen) atoms. The van der Waals surface area contributed by atoms with Crippen LogP contribution in [-0.4, -0.2) is 55.6 Å². The highest BCUT2D eigenvalue weighted by Gasteiger charge is 2.13. The maximum atomic E-state index is 5.84. The lowest BCUT2D eigenvalue weighted by Crippen LogP contribution is -2.08. The van der Waals surface area contributed by atoms with Gasteiger partial charge < -0.3 is 18.9 Å². The molecule has 0 aliphatic heterocycles. The van der Waals surface area contributed by atoms with Gasteiger partial charge in [0.2, 0.25) is 0 Å². The van der Waals surface area contributed by atoms with E-state index < -0.39 is 0 Å². The van der Waals surface area contributed by atoms with Crippen molar-refractivity contribution in [2.45, 2.75) is 9.24 Å². The van der Waals surface area contributed by atoms with Crippen molar-refractivity contribution in [2.24, 2.45) is 0 Å². The van der Waals surface area contributed by atoms with Crippen LogP contribution in [0.3, 0.4) is 0 Å². The van der Waals surface area contributed by atoms with Gasteiger partial charge >= 0.3 is 0 Å². The van der Waals surface area contributed by atoms with E-state index in [2.05, 4.69) is 15.0 Å². The molecule has 0 atom stereocenters. The van der Waals surface area contributed by atoms with Gasteiger partial charge in [0.15, 0.2) is 11.5 Å². The van der Waals surface area contributed by atoms with Crippen molar-refractivity contribution in [3.8, 4) is 11.5 Å². The first-order valence-corrected chi connectivity index (χ1v) is 9.60. The Morgan fingerprint density at radius 1 is 0.962 bits per heavy atom. The van der Waals surface area contributed by atoms with Crippen LogP contribution < -0.4 is 9.47 Å². The molecule has 138 valence electrons. The Balaban J connectivity index is 1.93. The molecule has 0 bridgehead atoms. The molecule has 0 fully saturated rings. The van der Waals surface area contributed by atoms with Gasteiger partial charge in [-0.1, -0.05) is 11.8 Å². The van der Waals surface area contributed by atoms with Gasteiger partial charge in [-0.15, -0.1) is 11.3 Å². The zero-order valence-corrected chi connectivity index (χ0v) is 16.1. The zero-order valence-electron chi connectivity index (χ0n) is 14.5. The van der Waals surface area contributed by atoms with Gasteiger partial charge in [0.1, 0.15) is 24.6 Å². The van der Waals surface area contributed by atoms with Crippen molar-refractivity contribution in [1.29, 1.82) is 0 Å². The minimum absolute atomic E-state index is 0.424. The smallest absolute Gasteiger partial charge is 0.163 e. The second-order valence-corrected chi connectivity index (χ2v) is 7.28. The highest BCUT2D eigenvalue weighted by atomic mass is 32.2. The Hall–Kier alpha value is -1.94. The van der Waals surface area contributed by atoms with Crippen molar-refractivity contribution < 1.29 is 18.9 Å². The zero-order chi connectivity index (χ0) is 18.2. The molecular weight excluding hydrogens is 374 g/mol. The fourth-order valence-corrected chi connectivity index (χ4v) is 3.75. The van der Waals surface area contributed by atoms with Crippen molar-refractivity contribution in [1.82, 2.24) is 15.0 Å². The van der Waals surface area contributed by atoms with E-state index in [0.29, 0.717) is 37.9 Å². The molecule has 0 amide bonds. The molecule has 0 radical (unpaired) electrons. The average Bonchev–Trinajstić information content (AvgIpc) is 3.16. The molecule has 0 N–H and O–H groups in total. The SMILES string of the molecule is COCCOc1cc2ncnc(Sc3cncs3)c2cc1OCCOC. The van der Waals surface area contributed by atoms with E-state index in [1.165, 1.54) is 0 Å². The highest BCUT2D eigenvalue weighted by molar-refractivity contribution is 8.01. The Morgan fingerprint density at radius 2 is 1.69 bits per heavy atom. The van der Waals surface area contributed by atoms with Crippen LogP contribution in [0.5, 0.6) is 11.5 Å². The summed E-state index contributed by atoms with van der Waals surface area (Å²) in [4.78, 5) is 12.9. The lowest BCUT2D eigenvalue weighted by molar-refractivity contribution is 0.132. The van der Waals surface area contributed by atoms with Crippen LogP contribution >= 0.6 is 23.1 Å². The van der Waals surface area contributed by atoms with Crippen LogP contribution in [0.4, 0.5) is 0 Å². The molecule has 2 heterocycles. The summed E-state index contributed by atoms with van der Waals surface area (Å²) in [5.74, 6) is 1.25. The number of methoxy groups -OCH3 is 2. The second-order valence-electron chi connectivity index (χ2n) is 5.10. The molecule has 0 aliphatic rings. The maximum Gasteiger partial charge on any atom is 0.163 e. The van der Waals surface area contributed by atoms with Gasteiger partial charge in [0, 0.05) is 25.7 Å². The number of hydrogen-bond acceptors (Lipinski definition) is 9. The van der Waals surface area contributed by atoms with Gasteiger partial charge in [-0.25, -0.2) is 9.97 Å². The third-order valence-electron chi connectivity index (χ3n) is 3.36. The van der Waals surface area contributed by atoms with Crippen molar-refractivity contribution in [3.63, 3.8) is 0 Å². The van der Waals surface area contributed by atoms with E-state index in [1.54, 1.807) is 49.2 Å². The fourth-order valence-electron chi connectivity index (χ4n) is 2.17. The monoisotopic (exact) mass is 393 g/mol. The van der Waals surface area contributed by atoms with E-state index >= 15 is 0 Å². The quantitative estimate of drug-likeness (QED) is 0.384. The third-order valence-corrected chi connectivity index (χ3v) is 5.29. The molecule has 0 saturated heterocycles. The molecule has 7 nitrogen and oxygen atoms in total. The first-order chi connectivity index (χ1) is 12.8. The molecule has 0 unspecified atom stereocenters. The first-order valence-electron chi connectivity index (χ1n) is 7.90. The summed E-state index contributed by atoms with van der Waals surface area (Å²) in [6.07, 6.45) is 3.37. The Kier molecular flexibility index (Phi) is 7.01. The Labute approximate surface area is 159 Å². The van der Waals surface area contributed by atoms with Crippen LogP contribution in [0.1, 0.15) is 0 Å². The van der Waals surface area contributed by atoms with E-state index in [4.69, 9.17) is 18.9 Å².